The van der Waals surface area contributed by atoms with E-state index in [0.29, 0.717) is 6.61 Å². The smallest absolute Gasteiger partial charge is 0.144 e. The first-order chi connectivity index (χ1) is 13.4. The molecule has 0 radical (unpaired) electrons. The van der Waals surface area contributed by atoms with Crippen LogP contribution in [0.3, 0.4) is 0 Å². The van der Waals surface area contributed by atoms with Crippen molar-refractivity contribution in [1.29, 1.82) is 0 Å². The number of ether oxygens (including phenoxy) is 1. The van der Waals surface area contributed by atoms with Crippen LogP contribution >= 0.6 is 0 Å². The van der Waals surface area contributed by atoms with Crippen LogP contribution in [0.5, 0.6) is 0 Å². The molecule has 0 aromatic heterocycles. The quantitative estimate of drug-likeness (QED) is 0.443. The summed E-state index contributed by atoms with van der Waals surface area (Å²) in [6, 6.07) is 41.8. The minimum absolute atomic E-state index is 0. The Balaban J connectivity index is 0.00000150. The minimum atomic E-state index is -0.667. The molecule has 0 heterocycles. The van der Waals surface area contributed by atoms with Crippen molar-refractivity contribution in [1.82, 2.24) is 6.15 Å². The summed E-state index contributed by atoms with van der Waals surface area (Å²) in [4.78, 5) is 0. The normalized spacial score (nSPS) is 10.5. The molecule has 0 aliphatic heterocycles. The van der Waals surface area contributed by atoms with Crippen LogP contribution < -0.4 is 6.15 Å². The van der Waals surface area contributed by atoms with Crippen molar-refractivity contribution < 1.29 is 10.2 Å². The molecule has 148 valence electrons. The van der Waals surface area contributed by atoms with Crippen molar-refractivity contribution in [3.05, 3.63) is 144 Å². The monoisotopic (exact) mass is 385 g/mol. The fourth-order valence-electron chi connectivity index (χ4n) is 3.53. The Hall–Kier alpha value is -3.24. The van der Waals surface area contributed by atoms with E-state index in [1.807, 2.05) is 36.4 Å². The number of hydrogen-bond acceptors (Lipinski definition) is 2. The highest BCUT2D eigenvalue weighted by Crippen LogP contribution is 2.41. The first kappa shape index (κ1) is 22.1. The predicted molar refractivity (Wildman–Crippen MR) is 119 cm³/mol. The standard InChI is InChI=1S/C26H22O.H3N.H2O/c1-5-13-22(14-6-1)21-27-26(23-15-7-2-8-16-23,24-17-9-3-10-18-24)25-19-11-4-12-20-25;;/h1-20H,21H2;1H3;1H2. The molecular weight excluding hydrogens is 358 g/mol. The van der Waals surface area contributed by atoms with E-state index in [2.05, 4.69) is 84.9 Å². The Labute approximate surface area is 172 Å². The Morgan fingerprint density at radius 2 is 0.793 bits per heavy atom. The van der Waals surface area contributed by atoms with Crippen LogP contribution in [0.4, 0.5) is 0 Å². The van der Waals surface area contributed by atoms with Crippen molar-refractivity contribution in [3.8, 4) is 0 Å². The topological polar surface area (TPSA) is 75.7 Å². The molecule has 5 N–H and O–H groups in total. The molecule has 4 aromatic carbocycles. The van der Waals surface area contributed by atoms with Crippen LogP contribution in [-0.2, 0) is 16.9 Å². The number of rotatable bonds is 6. The third-order valence-corrected chi connectivity index (χ3v) is 4.84. The number of benzene rings is 4. The summed E-state index contributed by atoms with van der Waals surface area (Å²) in [6.45, 7) is 0.527. The molecule has 0 amide bonds. The lowest BCUT2D eigenvalue weighted by molar-refractivity contribution is 0.000243. The number of hydrogen-bond donors (Lipinski definition) is 1. The summed E-state index contributed by atoms with van der Waals surface area (Å²) >= 11 is 0. The highest BCUT2D eigenvalue weighted by Gasteiger charge is 2.37. The van der Waals surface area contributed by atoms with Gasteiger partial charge in [-0.3, -0.25) is 0 Å². The average molecular weight is 386 g/mol. The van der Waals surface area contributed by atoms with Gasteiger partial charge in [0.15, 0.2) is 0 Å². The lowest BCUT2D eigenvalue weighted by Crippen LogP contribution is -2.32. The van der Waals surface area contributed by atoms with Crippen LogP contribution in [0.15, 0.2) is 121 Å². The predicted octanol–water partition coefficient (Wildman–Crippen LogP) is 5.53. The SMILES string of the molecule is N.O.c1ccc(COC(c2ccccc2)(c2ccccc2)c2ccccc2)cc1. The summed E-state index contributed by atoms with van der Waals surface area (Å²) < 4.78 is 6.77. The first-order valence-corrected chi connectivity index (χ1v) is 9.24. The molecule has 0 saturated heterocycles. The fourth-order valence-corrected chi connectivity index (χ4v) is 3.53. The van der Waals surface area contributed by atoms with Gasteiger partial charge in [0.25, 0.3) is 0 Å². The molecule has 0 unspecified atom stereocenters. The fraction of sp³-hybridized carbons (Fsp3) is 0.0769. The third kappa shape index (κ3) is 4.61. The summed E-state index contributed by atoms with van der Waals surface area (Å²) in [5, 5.41) is 0. The van der Waals surface area contributed by atoms with Crippen LogP contribution in [-0.4, -0.2) is 5.48 Å². The lowest BCUT2D eigenvalue weighted by Gasteiger charge is -2.36. The van der Waals surface area contributed by atoms with E-state index < -0.39 is 5.60 Å². The van der Waals surface area contributed by atoms with E-state index in [0.717, 1.165) is 22.3 Å². The van der Waals surface area contributed by atoms with E-state index in [9.17, 15) is 0 Å². The maximum atomic E-state index is 6.77. The Morgan fingerprint density at radius 1 is 0.483 bits per heavy atom. The summed E-state index contributed by atoms with van der Waals surface area (Å²) in [5.74, 6) is 0. The van der Waals surface area contributed by atoms with Crippen molar-refractivity contribution >= 4 is 0 Å². The second-order valence-corrected chi connectivity index (χ2v) is 6.55. The van der Waals surface area contributed by atoms with Crippen molar-refractivity contribution in [2.24, 2.45) is 0 Å². The summed E-state index contributed by atoms with van der Waals surface area (Å²) in [5.41, 5.74) is 3.86. The van der Waals surface area contributed by atoms with Crippen LogP contribution in [0.25, 0.3) is 0 Å². The molecular formula is C26H27NO2. The zero-order valence-corrected chi connectivity index (χ0v) is 16.4. The maximum Gasteiger partial charge on any atom is 0.144 e. The molecule has 3 heteroatoms. The van der Waals surface area contributed by atoms with Gasteiger partial charge < -0.3 is 16.4 Å². The second-order valence-electron chi connectivity index (χ2n) is 6.55. The minimum Gasteiger partial charge on any atom is -0.412 e. The van der Waals surface area contributed by atoms with E-state index in [1.54, 1.807) is 0 Å². The van der Waals surface area contributed by atoms with Gasteiger partial charge in [0.1, 0.15) is 5.60 Å². The highest BCUT2D eigenvalue weighted by molar-refractivity contribution is 5.47. The third-order valence-electron chi connectivity index (χ3n) is 4.84. The highest BCUT2D eigenvalue weighted by atomic mass is 16.5. The molecule has 4 rings (SSSR count). The molecule has 0 saturated carbocycles. The Morgan fingerprint density at radius 3 is 1.14 bits per heavy atom. The van der Waals surface area contributed by atoms with Crippen molar-refractivity contribution in [2.45, 2.75) is 12.2 Å². The Bertz CT molecular complexity index is 862. The van der Waals surface area contributed by atoms with E-state index >= 15 is 0 Å². The molecule has 0 aliphatic carbocycles. The van der Waals surface area contributed by atoms with Gasteiger partial charge in [0.2, 0.25) is 0 Å². The zero-order chi connectivity index (χ0) is 18.4. The summed E-state index contributed by atoms with van der Waals surface area (Å²) in [7, 11) is 0. The molecule has 29 heavy (non-hydrogen) atoms. The first-order valence-electron chi connectivity index (χ1n) is 9.24. The molecule has 0 fully saturated rings. The van der Waals surface area contributed by atoms with Crippen molar-refractivity contribution in [2.75, 3.05) is 0 Å². The zero-order valence-electron chi connectivity index (χ0n) is 16.4. The van der Waals surface area contributed by atoms with Gasteiger partial charge in [0, 0.05) is 0 Å². The van der Waals surface area contributed by atoms with Crippen molar-refractivity contribution in [3.63, 3.8) is 0 Å². The molecule has 0 aliphatic rings. The maximum absolute atomic E-state index is 6.77. The van der Waals surface area contributed by atoms with Gasteiger partial charge in [-0.2, -0.15) is 0 Å². The molecule has 4 aromatic rings. The van der Waals surface area contributed by atoms with E-state index in [4.69, 9.17) is 4.74 Å². The van der Waals surface area contributed by atoms with Gasteiger partial charge in [0.05, 0.1) is 6.61 Å². The Kier molecular flexibility index (Phi) is 7.87. The summed E-state index contributed by atoms with van der Waals surface area (Å²) in [6.07, 6.45) is 0. The van der Waals surface area contributed by atoms with E-state index in [-0.39, 0.29) is 11.6 Å². The molecule has 0 bridgehead atoms. The van der Waals surface area contributed by atoms with Gasteiger partial charge >= 0.3 is 0 Å². The molecule has 0 spiro atoms. The van der Waals surface area contributed by atoms with Crippen LogP contribution in [0, 0.1) is 0 Å². The molecule has 0 atom stereocenters. The van der Waals surface area contributed by atoms with Gasteiger partial charge in [-0.15, -0.1) is 0 Å². The average Bonchev–Trinajstić information content (AvgIpc) is 2.77. The largest absolute Gasteiger partial charge is 0.412 e. The second kappa shape index (κ2) is 10.3. The van der Waals surface area contributed by atoms with Gasteiger partial charge in [-0.25, -0.2) is 0 Å². The molecule has 3 nitrogen and oxygen atoms in total. The van der Waals surface area contributed by atoms with Crippen LogP contribution in [0.2, 0.25) is 0 Å². The van der Waals surface area contributed by atoms with Crippen LogP contribution in [0.1, 0.15) is 22.3 Å². The lowest BCUT2D eigenvalue weighted by atomic mass is 9.80. The van der Waals surface area contributed by atoms with Gasteiger partial charge in [-0.05, 0) is 22.3 Å². The van der Waals surface area contributed by atoms with E-state index in [1.165, 1.54) is 0 Å². The van der Waals surface area contributed by atoms with Gasteiger partial charge in [-0.1, -0.05) is 121 Å².